The Hall–Kier alpha value is -0.0900. The van der Waals surface area contributed by atoms with E-state index < -0.39 is 0 Å². The van der Waals surface area contributed by atoms with E-state index in [0.717, 1.165) is 4.48 Å². The van der Waals surface area contributed by atoms with Gasteiger partial charge in [-0.1, -0.05) is 25.1 Å². The van der Waals surface area contributed by atoms with Gasteiger partial charge in [0.1, 0.15) is 11.2 Å². The first kappa shape index (κ1) is 13.0. The Kier molecular flexibility index (Phi) is 3.51. The third kappa shape index (κ3) is 1.72. The number of halogens is 1. The van der Waals surface area contributed by atoms with Crippen molar-refractivity contribution in [2.45, 2.75) is 32.2 Å². The summed E-state index contributed by atoms with van der Waals surface area (Å²) >= 11 is 0. The quantitative estimate of drug-likeness (QED) is 0.505. The number of quaternary nitrogens is 1. The largest absolute Gasteiger partial charge is 1.00 e. The lowest BCUT2D eigenvalue weighted by atomic mass is 9.92. The number of rotatable bonds is 1. The van der Waals surface area contributed by atoms with Gasteiger partial charge < -0.3 is 24.0 Å². The van der Waals surface area contributed by atoms with Gasteiger partial charge in [-0.15, -0.1) is 0 Å². The maximum atomic E-state index is 2.40. The number of para-hydroxylation sites is 1. The van der Waals surface area contributed by atoms with E-state index in [1.165, 1.54) is 24.1 Å². The van der Waals surface area contributed by atoms with Gasteiger partial charge in [-0.3, -0.25) is 4.48 Å². The molecule has 0 aromatic heterocycles. The summed E-state index contributed by atoms with van der Waals surface area (Å²) < 4.78 is 1.03. The molecule has 1 heterocycles. The molecule has 1 aromatic carbocycles. The molecule has 0 fully saturated rings. The van der Waals surface area contributed by atoms with Crippen LogP contribution in [0.3, 0.4) is 0 Å². The van der Waals surface area contributed by atoms with Crippen molar-refractivity contribution in [2.24, 2.45) is 0 Å². The van der Waals surface area contributed by atoms with E-state index in [-0.39, 0.29) is 24.0 Å². The van der Waals surface area contributed by atoms with Gasteiger partial charge in [-0.25, -0.2) is 0 Å². The Morgan fingerprint density at radius 3 is 2.40 bits per heavy atom. The molecule has 84 valence electrons. The first-order valence-corrected chi connectivity index (χ1v) is 5.44. The molecule has 0 radical (unpaired) electrons. The smallest absolute Gasteiger partial charge is 0.136 e. The molecule has 0 spiro atoms. The highest BCUT2D eigenvalue weighted by Crippen LogP contribution is 2.43. The Morgan fingerprint density at radius 2 is 1.87 bits per heavy atom. The molecule has 2 heteroatoms. The first-order valence-electron chi connectivity index (χ1n) is 5.44. The van der Waals surface area contributed by atoms with Crippen molar-refractivity contribution < 1.29 is 24.0 Å². The third-order valence-corrected chi connectivity index (χ3v) is 4.28. The van der Waals surface area contributed by atoms with E-state index in [9.17, 15) is 0 Å². The van der Waals surface area contributed by atoms with Gasteiger partial charge in [0.05, 0.1) is 14.1 Å². The van der Waals surface area contributed by atoms with Gasteiger partial charge in [0, 0.05) is 12.0 Å². The van der Waals surface area contributed by atoms with Crippen LogP contribution in [0.25, 0.3) is 0 Å². The van der Waals surface area contributed by atoms with Crippen LogP contribution >= 0.6 is 0 Å². The minimum Gasteiger partial charge on any atom is -1.00 e. The molecule has 2 rings (SSSR count). The number of benzene rings is 1. The van der Waals surface area contributed by atoms with Crippen LogP contribution in [-0.2, 0) is 6.42 Å². The predicted molar refractivity (Wildman–Crippen MR) is 62.5 cm³/mol. The van der Waals surface area contributed by atoms with Crippen LogP contribution < -0.4 is 28.5 Å². The lowest BCUT2D eigenvalue weighted by Gasteiger charge is -2.40. The summed E-state index contributed by atoms with van der Waals surface area (Å²) in [5, 5.41) is 0. The number of fused-ring (bicyclic) bond motifs is 1. The summed E-state index contributed by atoms with van der Waals surface area (Å²) in [5.74, 6) is 0. The molecule has 0 bridgehead atoms. The zero-order valence-electron chi connectivity index (χ0n) is 10.0. The van der Waals surface area contributed by atoms with Crippen molar-refractivity contribution in [3.05, 3.63) is 29.8 Å². The fourth-order valence-electron chi connectivity index (χ4n) is 2.62. The van der Waals surface area contributed by atoms with Crippen LogP contribution in [0.4, 0.5) is 5.69 Å². The summed E-state index contributed by atoms with van der Waals surface area (Å²) in [4.78, 5) is 0. The topological polar surface area (TPSA) is 0 Å². The monoisotopic (exact) mass is 317 g/mol. The van der Waals surface area contributed by atoms with Gasteiger partial charge in [0.25, 0.3) is 0 Å². The third-order valence-electron chi connectivity index (χ3n) is 4.28. The Bertz CT molecular complexity index is 359. The van der Waals surface area contributed by atoms with Gasteiger partial charge in [-0.2, -0.15) is 0 Å². The fourth-order valence-corrected chi connectivity index (χ4v) is 2.62. The molecular weight excluding hydrogens is 297 g/mol. The normalized spacial score (nSPS) is 26.9. The van der Waals surface area contributed by atoms with Crippen molar-refractivity contribution in [1.29, 1.82) is 0 Å². The Morgan fingerprint density at radius 1 is 1.27 bits per heavy atom. The van der Waals surface area contributed by atoms with Crippen LogP contribution in [0.1, 0.15) is 25.8 Å². The van der Waals surface area contributed by atoms with Gasteiger partial charge in [0.2, 0.25) is 0 Å². The molecule has 0 saturated heterocycles. The zero-order chi connectivity index (χ0) is 10.4. The highest BCUT2D eigenvalue weighted by atomic mass is 127. The second-order valence-electron chi connectivity index (χ2n) is 5.11. The second-order valence-corrected chi connectivity index (χ2v) is 5.11. The van der Waals surface area contributed by atoms with Crippen molar-refractivity contribution in [1.82, 2.24) is 4.48 Å². The van der Waals surface area contributed by atoms with Crippen molar-refractivity contribution in [3.8, 4) is 0 Å². The molecular formula is C13H20IN. The van der Waals surface area contributed by atoms with Gasteiger partial charge in [0.15, 0.2) is 0 Å². The van der Waals surface area contributed by atoms with E-state index in [4.69, 9.17) is 0 Å². The summed E-state index contributed by atoms with van der Waals surface area (Å²) in [5.41, 5.74) is 3.41. The number of hydrogen-bond acceptors (Lipinski definition) is 0. The maximum absolute atomic E-state index is 2.40. The second kappa shape index (κ2) is 4.06. The van der Waals surface area contributed by atoms with Gasteiger partial charge in [-0.05, 0) is 19.4 Å². The molecule has 1 aliphatic heterocycles. The van der Waals surface area contributed by atoms with Crippen LogP contribution in [0.15, 0.2) is 24.3 Å². The molecule has 1 atom stereocenters. The van der Waals surface area contributed by atoms with Crippen LogP contribution in [-0.4, -0.2) is 19.6 Å². The first-order chi connectivity index (χ1) is 6.51. The fraction of sp³-hybridized carbons (Fsp3) is 0.538. The van der Waals surface area contributed by atoms with Crippen molar-refractivity contribution >= 4 is 5.69 Å². The summed E-state index contributed by atoms with van der Waals surface area (Å²) in [6.07, 6.45) is 2.45. The maximum Gasteiger partial charge on any atom is 0.136 e. The molecule has 0 N–H and O–H groups in total. The van der Waals surface area contributed by atoms with E-state index in [0.29, 0.717) is 5.54 Å². The minimum atomic E-state index is 0. The van der Waals surface area contributed by atoms with Crippen molar-refractivity contribution in [2.75, 3.05) is 14.1 Å². The molecule has 0 amide bonds. The number of hydrogen-bond donors (Lipinski definition) is 0. The molecule has 0 aliphatic carbocycles. The molecule has 1 aromatic rings. The number of likely N-dealkylation sites (N-methyl/N-ethyl adjacent to an activating group) is 1. The van der Waals surface area contributed by atoms with E-state index in [1.54, 1.807) is 0 Å². The highest BCUT2D eigenvalue weighted by Gasteiger charge is 2.48. The minimum absolute atomic E-state index is 0. The molecule has 1 unspecified atom stereocenters. The van der Waals surface area contributed by atoms with Crippen LogP contribution in [0.5, 0.6) is 0 Å². The lowest BCUT2D eigenvalue weighted by Crippen LogP contribution is -3.00. The Labute approximate surface area is 110 Å². The SMILES string of the molecule is CCC1(C)Cc2ccccc2[N+]1(C)C.[I-]. The Balaban J connectivity index is 0.00000112. The highest BCUT2D eigenvalue weighted by molar-refractivity contribution is 5.56. The molecule has 0 saturated carbocycles. The van der Waals surface area contributed by atoms with Crippen LogP contribution in [0.2, 0.25) is 0 Å². The van der Waals surface area contributed by atoms with E-state index in [1.807, 2.05) is 0 Å². The zero-order valence-corrected chi connectivity index (χ0v) is 12.2. The van der Waals surface area contributed by atoms with Gasteiger partial charge >= 0.3 is 0 Å². The molecule has 1 aliphatic rings. The lowest BCUT2D eigenvalue weighted by molar-refractivity contribution is -0.00000319. The number of nitrogens with zero attached hydrogens (tertiary/aromatic N) is 1. The average molecular weight is 317 g/mol. The van der Waals surface area contributed by atoms with E-state index >= 15 is 0 Å². The van der Waals surface area contributed by atoms with Crippen molar-refractivity contribution in [3.63, 3.8) is 0 Å². The summed E-state index contributed by atoms with van der Waals surface area (Å²) in [6, 6.07) is 8.85. The molecule has 15 heavy (non-hydrogen) atoms. The molecule has 1 nitrogen and oxygen atoms in total. The summed E-state index contributed by atoms with van der Waals surface area (Å²) in [6.45, 7) is 4.69. The van der Waals surface area contributed by atoms with E-state index in [2.05, 4.69) is 52.2 Å². The van der Waals surface area contributed by atoms with Crippen LogP contribution in [0, 0.1) is 0 Å². The predicted octanol–water partition coefficient (Wildman–Crippen LogP) is -0.0177. The summed E-state index contributed by atoms with van der Waals surface area (Å²) in [7, 11) is 4.66. The average Bonchev–Trinajstić information content (AvgIpc) is 2.37. The standard InChI is InChI=1S/C13H20N.HI/c1-5-13(2)10-11-8-6-7-9-12(11)14(13,3)4;/h6-9H,5,10H2,1-4H3;1H/q+1;/p-1.